The van der Waals surface area contributed by atoms with Crippen LogP contribution in [0.15, 0.2) is 36.5 Å². The first-order valence-corrected chi connectivity index (χ1v) is 7.73. The number of para-hydroxylation sites is 1. The van der Waals surface area contributed by atoms with Gasteiger partial charge in [-0.25, -0.2) is 4.98 Å². The minimum atomic E-state index is 0.418. The number of rotatable bonds is 4. The molecule has 0 saturated carbocycles. The van der Waals surface area contributed by atoms with Gasteiger partial charge in [-0.15, -0.1) is 0 Å². The Morgan fingerprint density at radius 3 is 3.00 bits per heavy atom. The second kappa shape index (κ2) is 6.12. The van der Waals surface area contributed by atoms with E-state index < -0.39 is 0 Å². The molecule has 1 atom stereocenters. The maximum Gasteiger partial charge on any atom is 0.231 e. The van der Waals surface area contributed by atoms with E-state index in [1.54, 1.807) is 0 Å². The lowest BCUT2D eigenvalue weighted by Gasteiger charge is -2.29. The molecule has 4 heteroatoms. The van der Waals surface area contributed by atoms with E-state index in [9.17, 15) is 0 Å². The highest BCUT2D eigenvalue weighted by Crippen LogP contribution is 2.31. The van der Waals surface area contributed by atoms with Crippen LogP contribution in [-0.2, 0) is 6.42 Å². The molecule has 0 spiro atoms. The second-order valence-corrected chi connectivity index (χ2v) is 5.58. The molecular formula is C17H22N4. The molecule has 1 aromatic carbocycles. The molecule has 1 aliphatic rings. The lowest BCUT2D eigenvalue weighted by atomic mass is 10.0. The monoisotopic (exact) mass is 282 g/mol. The van der Waals surface area contributed by atoms with Gasteiger partial charge in [0.05, 0.1) is 0 Å². The quantitative estimate of drug-likeness (QED) is 0.926. The molecule has 3 rings (SSSR count). The highest BCUT2D eigenvalue weighted by molar-refractivity contribution is 5.64. The summed E-state index contributed by atoms with van der Waals surface area (Å²) < 4.78 is 0. The normalized spacial score (nSPS) is 15.4. The number of aryl methyl sites for hydroxylation is 1. The van der Waals surface area contributed by atoms with Crippen molar-refractivity contribution in [2.75, 3.05) is 16.8 Å². The lowest BCUT2D eigenvalue weighted by Crippen LogP contribution is -2.26. The highest BCUT2D eigenvalue weighted by atomic mass is 15.3. The molecule has 0 bridgehead atoms. The number of hydrogen-bond donors (Lipinski definition) is 1. The molecule has 1 unspecified atom stereocenters. The van der Waals surface area contributed by atoms with Gasteiger partial charge in [-0.1, -0.05) is 25.1 Å². The van der Waals surface area contributed by atoms with Crippen molar-refractivity contribution in [3.63, 3.8) is 0 Å². The Kier molecular flexibility index (Phi) is 4.04. The van der Waals surface area contributed by atoms with Gasteiger partial charge in [-0.3, -0.25) is 0 Å². The van der Waals surface area contributed by atoms with Gasteiger partial charge >= 0.3 is 0 Å². The van der Waals surface area contributed by atoms with Crippen LogP contribution in [0.25, 0.3) is 0 Å². The van der Waals surface area contributed by atoms with Crippen molar-refractivity contribution in [2.45, 2.75) is 39.2 Å². The van der Waals surface area contributed by atoms with Gasteiger partial charge in [0.25, 0.3) is 0 Å². The molecule has 110 valence electrons. The average Bonchev–Trinajstić information content (AvgIpc) is 2.54. The lowest BCUT2D eigenvalue weighted by molar-refractivity contribution is 0.742. The number of nitrogens with one attached hydrogen (secondary N) is 1. The third-order valence-electron chi connectivity index (χ3n) is 4.00. The minimum Gasteiger partial charge on any atom is -0.367 e. The van der Waals surface area contributed by atoms with Gasteiger partial charge in [-0.2, -0.15) is 4.98 Å². The number of anilines is 3. The highest BCUT2D eigenvalue weighted by Gasteiger charge is 2.19. The van der Waals surface area contributed by atoms with Crippen molar-refractivity contribution in [1.29, 1.82) is 0 Å². The molecule has 0 fully saturated rings. The Balaban J connectivity index is 1.89. The molecule has 4 nitrogen and oxygen atoms in total. The van der Waals surface area contributed by atoms with Gasteiger partial charge in [-0.05, 0) is 43.9 Å². The number of fused-ring (bicyclic) bond motifs is 1. The zero-order valence-electron chi connectivity index (χ0n) is 12.7. The molecule has 0 radical (unpaired) electrons. The fourth-order valence-corrected chi connectivity index (χ4v) is 2.65. The zero-order chi connectivity index (χ0) is 14.7. The molecule has 0 amide bonds. The van der Waals surface area contributed by atoms with E-state index >= 15 is 0 Å². The van der Waals surface area contributed by atoms with E-state index in [1.165, 1.54) is 11.3 Å². The van der Waals surface area contributed by atoms with Gasteiger partial charge in [0.2, 0.25) is 5.95 Å². The Morgan fingerprint density at radius 2 is 2.14 bits per heavy atom. The smallest absolute Gasteiger partial charge is 0.231 e. The molecule has 1 N–H and O–H groups in total. The van der Waals surface area contributed by atoms with Gasteiger partial charge < -0.3 is 10.2 Å². The summed E-state index contributed by atoms with van der Waals surface area (Å²) in [5, 5.41) is 3.42. The maximum absolute atomic E-state index is 4.69. The van der Waals surface area contributed by atoms with Crippen LogP contribution in [0.3, 0.4) is 0 Å². The average molecular weight is 282 g/mol. The van der Waals surface area contributed by atoms with Crippen LogP contribution in [0.5, 0.6) is 0 Å². The van der Waals surface area contributed by atoms with Crippen LogP contribution < -0.4 is 10.2 Å². The molecule has 2 heterocycles. The van der Waals surface area contributed by atoms with E-state index in [4.69, 9.17) is 0 Å². The summed E-state index contributed by atoms with van der Waals surface area (Å²) in [6.07, 6.45) is 5.19. The molecule has 1 aliphatic heterocycles. The Hall–Kier alpha value is -2.10. The van der Waals surface area contributed by atoms with Crippen LogP contribution in [0.2, 0.25) is 0 Å². The summed E-state index contributed by atoms with van der Waals surface area (Å²) in [7, 11) is 0. The maximum atomic E-state index is 4.69. The zero-order valence-corrected chi connectivity index (χ0v) is 12.7. The third kappa shape index (κ3) is 2.99. The van der Waals surface area contributed by atoms with E-state index in [-0.39, 0.29) is 0 Å². The fourth-order valence-electron chi connectivity index (χ4n) is 2.65. The number of aromatic nitrogens is 2. The van der Waals surface area contributed by atoms with Crippen molar-refractivity contribution in [3.05, 3.63) is 42.1 Å². The molecular weight excluding hydrogens is 260 g/mol. The SMILES string of the molecule is CCC(C)Nc1ccnc(N2CCCc3ccccc32)n1. The van der Waals surface area contributed by atoms with Gasteiger partial charge in [0, 0.05) is 24.5 Å². The Bertz CT molecular complexity index is 611. The van der Waals surface area contributed by atoms with Crippen LogP contribution in [0, 0.1) is 0 Å². The molecule has 1 aromatic heterocycles. The molecule has 0 saturated heterocycles. The first-order valence-electron chi connectivity index (χ1n) is 7.73. The van der Waals surface area contributed by atoms with Crippen molar-refractivity contribution in [3.8, 4) is 0 Å². The second-order valence-electron chi connectivity index (χ2n) is 5.58. The third-order valence-corrected chi connectivity index (χ3v) is 4.00. The van der Waals surface area contributed by atoms with Crippen LogP contribution in [0.1, 0.15) is 32.3 Å². The first-order chi connectivity index (χ1) is 10.3. The van der Waals surface area contributed by atoms with E-state index in [0.29, 0.717) is 6.04 Å². The number of benzene rings is 1. The van der Waals surface area contributed by atoms with Crippen LogP contribution in [0.4, 0.5) is 17.5 Å². The van der Waals surface area contributed by atoms with Gasteiger partial charge in [0.1, 0.15) is 5.82 Å². The predicted octanol–water partition coefficient (Wildman–Crippen LogP) is 3.77. The fraction of sp³-hybridized carbons (Fsp3) is 0.412. The summed E-state index contributed by atoms with van der Waals surface area (Å²) >= 11 is 0. The van der Waals surface area contributed by atoms with Crippen LogP contribution >= 0.6 is 0 Å². The summed E-state index contributed by atoms with van der Waals surface area (Å²) in [6, 6.07) is 10.9. The largest absolute Gasteiger partial charge is 0.367 e. The van der Waals surface area contributed by atoms with E-state index in [2.05, 4.69) is 58.3 Å². The summed E-state index contributed by atoms with van der Waals surface area (Å²) in [5.74, 6) is 1.69. The number of nitrogens with zero attached hydrogens (tertiary/aromatic N) is 3. The predicted molar refractivity (Wildman–Crippen MR) is 87.2 cm³/mol. The molecule has 21 heavy (non-hydrogen) atoms. The van der Waals surface area contributed by atoms with Crippen molar-refractivity contribution in [2.24, 2.45) is 0 Å². The summed E-state index contributed by atoms with van der Waals surface area (Å²) in [5.41, 5.74) is 2.62. The van der Waals surface area contributed by atoms with E-state index in [1.807, 2.05) is 12.3 Å². The first kappa shape index (κ1) is 13.9. The van der Waals surface area contributed by atoms with Crippen molar-refractivity contribution < 1.29 is 0 Å². The summed E-state index contributed by atoms with van der Waals surface area (Å²) in [4.78, 5) is 11.4. The topological polar surface area (TPSA) is 41.1 Å². The van der Waals surface area contributed by atoms with Crippen molar-refractivity contribution in [1.82, 2.24) is 9.97 Å². The Labute approximate surface area is 126 Å². The standard InChI is InChI=1S/C17H22N4/c1-3-13(2)19-16-10-11-18-17(20-16)21-12-6-8-14-7-4-5-9-15(14)21/h4-5,7,9-11,13H,3,6,8,12H2,1-2H3,(H,18,19,20). The number of hydrogen-bond acceptors (Lipinski definition) is 4. The summed E-state index contributed by atoms with van der Waals surface area (Å²) in [6.45, 7) is 5.31. The van der Waals surface area contributed by atoms with Crippen LogP contribution in [-0.4, -0.2) is 22.6 Å². The molecule has 0 aliphatic carbocycles. The minimum absolute atomic E-state index is 0.418. The van der Waals surface area contributed by atoms with E-state index in [0.717, 1.165) is 37.6 Å². The molecule has 2 aromatic rings. The van der Waals surface area contributed by atoms with Crippen molar-refractivity contribution >= 4 is 17.5 Å². The van der Waals surface area contributed by atoms with Gasteiger partial charge in [0.15, 0.2) is 0 Å². The Morgan fingerprint density at radius 1 is 1.29 bits per heavy atom.